The van der Waals surface area contributed by atoms with Crippen LogP contribution in [0.2, 0.25) is 0 Å². The van der Waals surface area contributed by atoms with Crippen LogP contribution < -0.4 is 10.1 Å². The number of nitrogens with zero attached hydrogens (tertiary/aromatic N) is 3. The zero-order valence-corrected chi connectivity index (χ0v) is 17.4. The van der Waals surface area contributed by atoms with Gasteiger partial charge in [-0.05, 0) is 24.1 Å². The van der Waals surface area contributed by atoms with Gasteiger partial charge in [0, 0.05) is 23.6 Å². The van der Waals surface area contributed by atoms with Crippen molar-refractivity contribution in [2.24, 2.45) is 5.92 Å². The average molecular weight is 380 g/mol. The zero-order valence-electron chi connectivity index (χ0n) is 17.4. The molecular formula is C22H28N4O2. The maximum Gasteiger partial charge on any atom is 0.270 e. The van der Waals surface area contributed by atoms with Gasteiger partial charge in [-0.25, -0.2) is 9.50 Å². The van der Waals surface area contributed by atoms with Crippen molar-refractivity contribution in [3.63, 3.8) is 0 Å². The first-order chi connectivity index (χ1) is 13.2. The lowest BCUT2D eigenvalue weighted by Gasteiger charge is -2.14. The Hall–Kier alpha value is -2.89. The molecule has 0 spiro atoms. The lowest BCUT2D eigenvalue weighted by Crippen LogP contribution is -2.29. The summed E-state index contributed by atoms with van der Waals surface area (Å²) in [6, 6.07) is 11.4. The molecule has 3 rings (SSSR count). The number of amides is 1. The van der Waals surface area contributed by atoms with Crippen molar-refractivity contribution in [2.75, 3.05) is 13.7 Å². The van der Waals surface area contributed by atoms with Crippen molar-refractivity contribution < 1.29 is 9.53 Å². The largest absolute Gasteiger partial charge is 0.496 e. The highest BCUT2D eigenvalue weighted by molar-refractivity contribution is 5.94. The van der Waals surface area contributed by atoms with Gasteiger partial charge in [-0.2, -0.15) is 5.10 Å². The molecule has 0 saturated carbocycles. The summed E-state index contributed by atoms with van der Waals surface area (Å²) < 4.78 is 7.12. The van der Waals surface area contributed by atoms with Crippen molar-refractivity contribution in [3.05, 3.63) is 47.8 Å². The van der Waals surface area contributed by atoms with E-state index in [0.29, 0.717) is 35.2 Å². The van der Waals surface area contributed by atoms with Crippen LogP contribution in [0.15, 0.2) is 36.4 Å². The van der Waals surface area contributed by atoms with Crippen LogP contribution >= 0.6 is 0 Å². The Morgan fingerprint density at radius 1 is 1.21 bits per heavy atom. The van der Waals surface area contributed by atoms with Crippen molar-refractivity contribution in [3.8, 4) is 17.0 Å². The second-order valence-corrected chi connectivity index (χ2v) is 8.38. The number of fused-ring (bicyclic) bond motifs is 1. The van der Waals surface area contributed by atoms with Crippen molar-refractivity contribution in [1.29, 1.82) is 0 Å². The molecule has 6 nitrogen and oxygen atoms in total. The van der Waals surface area contributed by atoms with Crippen LogP contribution in [-0.2, 0) is 5.41 Å². The van der Waals surface area contributed by atoms with E-state index in [1.165, 1.54) is 0 Å². The van der Waals surface area contributed by atoms with E-state index >= 15 is 0 Å². The molecule has 6 heteroatoms. The maximum atomic E-state index is 12.9. The summed E-state index contributed by atoms with van der Waals surface area (Å²) in [5.41, 5.74) is 3.35. The third-order valence-electron chi connectivity index (χ3n) is 4.48. The Bertz CT molecular complexity index is 999. The second kappa shape index (κ2) is 7.62. The van der Waals surface area contributed by atoms with Crippen molar-refractivity contribution >= 4 is 11.6 Å². The minimum atomic E-state index is -0.166. The number of carbonyl (C=O) groups is 1. The van der Waals surface area contributed by atoms with E-state index in [2.05, 4.69) is 45.0 Å². The molecule has 0 aliphatic rings. The summed E-state index contributed by atoms with van der Waals surface area (Å²) in [5, 5.41) is 7.66. The fourth-order valence-corrected chi connectivity index (χ4v) is 2.88. The molecule has 28 heavy (non-hydrogen) atoms. The smallest absolute Gasteiger partial charge is 0.270 e. The van der Waals surface area contributed by atoms with Gasteiger partial charge < -0.3 is 10.1 Å². The highest BCUT2D eigenvalue weighted by Gasteiger charge is 2.22. The van der Waals surface area contributed by atoms with Gasteiger partial charge >= 0.3 is 0 Å². The number of carbonyl (C=O) groups excluding carboxylic acids is 1. The summed E-state index contributed by atoms with van der Waals surface area (Å²) >= 11 is 0. The first-order valence-corrected chi connectivity index (χ1v) is 9.53. The summed E-state index contributed by atoms with van der Waals surface area (Å²) in [7, 11) is 1.63. The van der Waals surface area contributed by atoms with E-state index in [1.807, 2.05) is 30.3 Å². The first kappa shape index (κ1) is 19.9. The van der Waals surface area contributed by atoms with E-state index in [9.17, 15) is 4.79 Å². The summed E-state index contributed by atoms with van der Waals surface area (Å²) in [5.74, 6) is 0.905. The Labute approximate surface area is 165 Å². The number of rotatable bonds is 5. The number of para-hydroxylation sites is 1. The third-order valence-corrected chi connectivity index (χ3v) is 4.48. The second-order valence-electron chi connectivity index (χ2n) is 8.38. The minimum Gasteiger partial charge on any atom is -0.496 e. The highest BCUT2D eigenvalue weighted by atomic mass is 16.5. The van der Waals surface area contributed by atoms with Crippen LogP contribution in [0.3, 0.4) is 0 Å². The number of aromatic nitrogens is 3. The van der Waals surface area contributed by atoms with E-state index in [4.69, 9.17) is 9.72 Å². The molecule has 0 radical (unpaired) electrons. The van der Waals surface area contributed by atoms with E-state index in [-0.39, 0.29) is 11.3 Å². The summed E-state index contributed by atoms with van der Waals surface area (Å²) in [6.45, 7) is 11.0. The molecule has 0 fully saturated rings. The summed E-state index contributed by atoms with van der Waals surface area (Å²) in [4.78, 5) is 17.7. The van der Waals surface area contributed by atoms with Crippen LogP contribution in [0.1, 0.15) is 50.8 Å². The normalized spacial score (nSPS) is 11.8. The monoisotopic (exact) mass is 380 g/mol. The SMILES string of the molecule is COc1ccccc1-c1cc(C(=O)NCC(C)C)n2nc(C(C)(C)C)cc2n1. The molecule has 0 bridgehead atoms. The standard InChI is InChI=1S/C22H28N4O2/c1-14(2)13-23-21(27)17-11-16(15-9-7-8-10-18(15)28-6)24-20-12-19(22(3,4)5)25-26(17)20/h7-12,14H,13H2,1-6H3,(H,23,27). The van der Waals surface area contributed by atoms with Crippen LogP contribution in [0.25, 0.3) is 16.9 Å². The van der Waals surface area contributed by atoms with Gasteiger partial charge in [0.15, 0.2) is 5.65 Å². The number of hydrogen-bond acceptors (Lipinski definition) is 4. The lowest BCUT2D eigenvalue weighted by molar-refractivity contribution is 0.0941. The molecule has 0 aliphatic heterocycles. The molecule has 0 saturated heterocycles. The molecule has 148 valence electrons. The maximum absolute atomic E-state index is 12.9. The number of benzene rings is 1. The molecule has 1 aromatic carbocycles. The number of methoxy groups -OCH3 is 1. The van der Waals surface area contributed by atoms with Crippen LogP contribution in [0, 0.1) is 5.92 Å². The molecule has 1 N–H and O–H groups in total. The Morgan fingerprint density at radius 3 is 2.57 bits per heavy atom. The van der Waals surface area contributed by atoms with Crippen LogP contribution in [0.4, 0.5) is 0 Å². The lowest BCUT2D eigenvalue weighted by atomic mass is 9.93. The minimum absolute atomic E-state index is 0.149. The summed E-state index contributed by atoms with van der Waals surface area (Å²) in [6.07, 6.45) is 0. The highest BCUT2D eigenvalue weighted by Crippen LogP contribution is 2.30. The van der Waals surface area contributed by atoms with Crippen LogP contribution in [-0.4, -0.2) is 34.2 Å². The fourth-order valence-electron chi connectivity index (χ4n) is 2.88. The molecule has 0 aliphatic carbocycles. The number of nitrogens with one attached hydrogen (secondary N) is 1. The topological polar surface area (TPSA) is 68.5 Å². The van der Waals surface area contributed by atoms with E-state index in [0.717, 1.165) is 11.3 Å². The zero-order chi connectivity index (χ0) is 20.5. The van der Waals surface area contributed by atoms with E-state index in [1.54, 1.807) is 17.7 Å². The van der Waals surface area contributed by atoms with Crippen molar-refractivity contribution in [2.45, 2.75) is 40.0 Å². The fraction of sp³-hybridized carbons (Fsp3) is 0.409. The Kier molecular flexibility index (Phi) is 5.40. The molecular weight excluding hydrogens is 352 g/mol. The van der Waals surface area contributed by atoms with Gasteiger partial charge in [-0.1, -0.05) is 46.8 Å². The first-order valence-electron chi connectivity index (χ1n) is 9.53. The van der Waals surface area contributed by atoms with Gasteiger partial charge in [0.25, 0.3) is 5.91 Å². The molecule has 2 aromatic heterocycles. The molecule has 0 unspecified atom stereocenters. The van der Waals surface area contributed by atoms with Gasteiger partial charge in [0.1, 0.15) is 11.4 Å². The molecule has 0 atom stereocenters. The molecule has 2 heterocycles. The third kappa shape index (κ3) is 4.01. The van der Waals surface area contributed by atoms with Crippen LogP contribution in [0.5, 0.6) is 5.75 Å². The number of ether oxygens (including phenoxy) is 1. The van der Waals surface area contributed by atoms with Gasteiger partial charge in [0.2, 0.25) is 0 Å². The van der Waals surface area contributed by atoms with E-state index < -0.39 is 0 Å². The van der Waals surface area contributed by atoms with Gasteiger partial charge in [0.05, 0.1) is 18.5 Å². The van der Waals surface area contributed by atoms with Gasteiger partial charge in [-0.15, -0.1) is 0 Å². The number of hydrogen-bond donors (Lipinski definition) is 1. The quantitative estimate of drug-likeness (QED) is 0.724. The molecule has 1 amide bonds. The van der Waals surface area contributed by atoms with Crippen molar-refractivity contribution in [1.82, 2.24) is 19.9 Å². The molecule has 3 aromatic rings. The Morgan fingerprint density at radius 2 is 1.93 bits per heavy atom. The average Bonchev–Trinajstić information content (AvgIpc) is 3.09. The predicted octanol–water partition coefficient (Wildman–Crippen LogP) is 4.09. The predicted molar refractivity (Wildman–Crippen MR) is 111 cm³/mol. The van der Waals surface area contributed by atoms with Gasteiger partial charge in [-0.3, -0.25) is 4.79 Å². The Balaban J connectivity index is 2.20.